The molecular formula is C14H23NO9. The van der Waals surface area contributed by atoms with Crippen LogP contribution in [0.25, 0.3) is 0 Å². The molecule has 0 aromatic heterocycles. The summed E-state index contributed by atoms with van der Waals surface area (Å²) in [7, 11) is 0. The van der Waals surface area contributed by atoms with E-state index in [1.165, 1.54) is 13.8 Å². The summed E-state index contributed by atoms with van der Waals surface area (Å²) < 4.78 is 4.38. The van der Waals surface area contributed by atoms with Crippen LogP contribution in [-0.4, -0.2) is 69.6 Å². The van der Waals surface area contributed by atoms with Crippen molar-refractivity contribution in [2.24, 2.45) is 5.41 Å². The van der Waals surface area contributed by atoms with Crippen molar-refractivity contribution >= 4 is 23.8 Å². The minimum atomic E-state index is -1.72. The van der Waals surface area contributed by atoms with Gasteiger partial charge in [0.05, 0.1) is 13.0 Å². The summed E-state index contributed by atoms with van der Waals surface area (Å²) in [6, 6.07) is 0. The van der Waals surface area contributed by atoms with E-state index in [0.29, 0.717) is 0 Å². The molecule has 0 aromatic carbocycles. The molecule has 0 aliphatic carbocycles. The van der Waals surface area contributed by atoms with Crippen LogP contribution < -0.4 is 5.32 Å². The van der Waals surface area contributed by atoms with Crippen LogP contribution in [0.4, 0.5) is 0 Å². The van der Waals surface area contributed by atoms with E-state index in [4.69, 9.17) is 15.3 Å². The van der Waals surface area contributed by atoms with Crippen molar-refractivity contribution in [1.29, 1.82) is 0 Å². The van der Waals surface area contributed by atoms with Gasteiger partial charge in [0.25, 0.3) is 0 Å². The molecule has 0 saturated carbocycles. The zero-order valence-electron chi connectivity index (χ0n) is 13.5. The number of ether oxygens (including phenoxy) is 1. The van der Waals surface area contributed by atoms with Crippen molar-refractivity contribution in [2.75, 3.05) is 13.2 Å². The van der Waals surface area contributed by atoms with Crippen LogP contribution in [0.3, 0.4) is 0 Å². The van der Waals surface area contributed by atoms with E-state index in [9.17, 15) is 24.3 Å². The second kappa shape index (κ2) is 9.96. The van der Waals surface area contributed by atoms with Crippen molar-refractivity contribution in [3.63, 3.8) is 0 Å². The lowest BCUT2D eigenvalue weighted by Crippen LogP contribution is -2.46. The molecule has 10 heteroatoms. The highest BCUT2D eigenvalue weighted by Crippen LogP contribution is 2.19. The highest BCUT2D eigenvalue weighted by atomic mass is 16.6. The SMILES string of the molecule is CC(C)(CO)[C@@H](O)C(=O)NCCC(=O)OC(=O)CCC(O)C(=O)O. The second-order valence-corrected chi connectivity index (χ2v) is 5.83. The van der Waals surface area contributed by atoms with E-state index in [0.717, 1.165) is 0 Å². The first kappa shape index (κ1) is 22.0. The molecule has 0 spiro atoms. The first-order chi connectivity index (χ1) is 11.0. The van der Waals surface area contributed by atoms with Crippen LogP contribution in [0.5, 0.6) is 0 Å². The fourth-order valence-electron chi connectivity index (χ4n) is 1.43. The topological polar surface area (TPSA) is 170 Å². The minimum Gasteiger partial charge on any atom is -0.479 e. The quantitative estimate of drug-likeness (QED) is 0.225. The Morgan fingerprint density at radius 1 is 1.08 bits per heavy atom. The van der Waals surface area contributed by atoms with Crippen LogP contribution >= 0.6 is 0 Å². The normalized spacial score (nSPS) is 13.7. The van der Waals surface area contributed by atoms with Crippen molar-refractivity contribution < 1.29 is 44.3 Å². The summed E-state index contributed by atoms with van der Waals surface area (Å²) in [5.41, 5.74) is -1.05. The van der Waals surface area contributed by atoms with E-state index in [-0.39, 0.29) is 19.4 Å². The highest BCUT2D eigenvalue weighted by Gasteiger charge is 2.32. The summed E-state index contributed by atoms with van der Waals surface area (Å²) in [5.74, 6) is -4.20. The Kier molecular flexibility index (Phi) is 9.11. The number of carboxylic acids is 1. The number of aliphatic carboxylic acids is 1. The summed E-state index contributed by atoms with van der Waals surface area (Å²) in [4.78, 5) is 44.6. The number of carboxylic acid groups (broad SMARTS) is 1. The molecule has 10 nitrogen and oxygen atoms in total. The number of esters is 2. The molecule has 0 heterocycles. The fourth-order valence-corrected chi connectivity index (χ4v) is 1.43. The van der Waals surface area contributed by atoms with Gasteiger partial charge in [-0.25, -0.2) is 4.79 Å². The lowest BCUT2D eigenvalue weighted by atomic mass is 9.87. The molecule has 0 fully saturated rings. The van der Waals surface area contributed by atoms with Crippen LogP contribution in [-0.2, 0) is 23.9 Å². The summed E-state index contributed by atoms with van der Waals surface area (Å²) in [6.45, 7) is 2.35. The van der Waals surface area contributed by atoms with E-state index in [1.54, 1.807) is 0 Å². The molecular weight excluding hydrogens is 326 g/mol. The van der Waals surface area contributed by atoms with Gasteiger partial charge < -0.3 is 30.5 Å². The number of amides is 1. The number of aliphatic hydroxyl groups excluding tert-OH is 3. The first-order valence-electron chi connectivity index (χ1n) is 7.22. The zero-order chi connectivity index (χ0) is 18.9. The average molecular weight is 349 g/mol. The summed E-state index contributed by atoms with van der Waals surface area (Å²) >= 11 is 0. The molecule has 0 aliphatic heterocycles. The predicted molar refractivity (Wildman–Crippen MR) is 78.5 cm³/mol. The molecule has 0 aromatic rings. The van der Waals surface area contributed by atoms with Gasteiger partial charge in [0, 0.05) is 18.4 Å². The van der Waals surface area contributed by atoms with Crippen molar-refractivity contribution in [3.8, 4) is 0 Å². The molecule has 5 N–H and O–H groups in total. The predicted octanol–water partition coefficient (Wildman–Crippen LogP) is -1.83. The Labute approximate surface area is 138 Å². The van der Waals surface area contributed by atoms with Crippen molar-refractivity contribution in [3.05, 3.63) is 0 Å². The number of aliphatic hydroxyl groups is 3. The molecule has 0 saturated heterocycles. The Hall–Kier alpha value is -2.04. The first-order valence-corrected chi connectivity index (χ1v) is 7.22. The lowest BCUT2D eigenvalue weighted by molar-refractivity contribution is -0.160. The number of carbonyl (C=O) groups excluding carboxylic acids is 3. The van der Waals surface area contributed by atoms with Gasteiger partial charge in [-0.3, -0.25) is 14.4 Å². The van der Waals surface area contributed by atoms with E-state index >= 15 is 0 Å². The second-order valence-electron chi connectivity index (χ2n) is 5.83. The third kappa shape index (κ3) is 7.99. The van der Waals surface area contributed by atoms with Gasteiger partial charge in [0.15, 0.2) is 6.10 Å². The molecule has 1 amide bonds. The van der Waals surface area contributed by atoms with Gasteiger partial charge >= 0.3 is 17.9 Å². The maximum absolute atomic E-state index is 11.6. The Morgan fingerprint density at radius 3 is 2.12 bits per heavy atom. The van der Waals surface area contributed by atoms with Crippen LogP contribution in [0.1, 0.15) is 33.1 Å². The average Bonchev–Trinajstić information content (AvgIpc) is 2.51. The summed E-state index contributed by atoms with van der Waals surface area (Å²) in [6.07, 6.45) is -4.37. The van der Waals surface area contributed by atoms with Gasteiger partial charge in [-0.2, -0.15) is 0 Å². The molecule has 2 atom stereocenters. The van der Waals surface area contributed by atoms with E-state index in [1.807, 2.05) is 0 Å². The smallest absolute Gasteiger partial charge is 0.332 e. The number of hydrogen-bond acceptors (Lipinski definition) is 8. The standard InChI is InChI=1S/C14H23NO9/c1-14(2,7-16)11(20)12(21)15-6-5-10(19)24-9(18)4-3-8(17)13(22)23/h8,11,16-17,20H,3-7H2,1-2H3,(H,15,21)(H,22,23)/t8?,11-/m0/s1. The zero-order valence-corrected chi connectivity index (χ0v) is 13.5. The monoisotopic (exact) mass is 349 g/mol. The minimum absolute atomic E-state index is 0.193. The molecule has 0 aliphatic rings. The Balaban J connectivity index is 4.08. The molecule has 1 unspecified atom stereocenters. The van der Waals surface area contributed by atoms with Gasteiger partial charge in [-0.05, 0) is 6.42 Å². The van der Waals surface area contributed by atoms with E-state index < -0.39 is 54.5 Å². The molecule has 0 bridgehead atoms. The highest BCUT2D eigenvalue weighted by molar-refractivity contribution is 5.86. The van der Waals surface area contributed by atoms with Crippen LogP contribution in [0.15, 0.2) is 0 Å². The van der Waals surface area contributed by atoms with Gasteiger partial charge in [-0.1, -0.05) is 13.8 Å². The van der Waals surface area contributed by atoms with E-state index in [2.05, 4.69) is 10.1 Å². The molecule has 138 valence electrons. The molecule has 0 radical (unpaired) electrons. The largest absolute Gasteiger partial charge is 0.479 e. The number of nitrogens with one attached hydrogen (secondary N) is 1. The van der Waals surface area contributed by atoms with Crippen molar-refractivity contribution in [2.45, 2.75) is 45.3 Å². The lowest BCUT2D eigenvalue weighted by Gasteiger charge is -2.27. The fraction of sp³-hybridized carbons (Fsp3) is 0.714. The number of hydrogen-bond donors (Lipinski definition) is 5. The third-order valence-corrected chi connectivity index (χ3v) is 3.16. The van der Waals surface area contributed by atoms with Crippen LogP contribution in [0, 0.1) is 5.41 Å². The molecule has 0 rings (SSSR count). The van der Waals surface area contributed by atoms with Crippen molar-refractivity contribution in [1.82, 2.24) is 5.32 Å². The maximum Gasteiger partial charge on any atom is 0.332 e. The Morgan fingerprint density at radius 2 is 1.62 bits per heavy atom. The van der Waals surface area contributed by atoms with Crippen LogP contribution in [0.2, 0.25) is 0 Å². The Bertz CT molecular complexity index is 475. The number of rotatable bonds is 10. The third-order valence-electron chi connectivity index (χ3n) is 3.16. The van der Waals surface area contributed by atoms with Gasteiger partial charge in [-0.15, -0.1) is 0 Å². The summed E-state index contributed by atoms with van der Waals surface area (Å²) in [5, 5.41) is 38.4. The van der Waals surface area contributed by atoms with Gasteiger partial charge in [0.1, 0.15) is 6.10 Å². The maximum atomic E-state index is 11.6. The molecule has 24 heavy (non-hydrogen) atoms. The number of carbonyl (C=O) groups is 4. The van der Waals surface area contributed by atoms with Gasteiger partial charge in [0.2, 0.25) is 5.91 Å².